The number of hydrogen-bond acceptors (Lipinski definition) is 4. The molecule has 1 aromatic heterocycles. The summed E-state index contributed by atoms with van der Waals surface area (Å²) in [4.78, 5) is 0. The number of benzene rings is 1. The Labute approximate surface area is 112 Å². The first-order valence-electron chi connectivity index (χ1n) is 6.65. The summed E-state index contributed by atoms with van der Waals surface area (Å²) in [5, 5.41) is 15.5. The standard InChI is InChI=1S/C14H17N5/c1-2-6-13-14-16-17-18-19(14)10-12(15-13)9-11-7-4-3-5-8-11/h3-5,7-9,13,15H,2,6,10H2,1H3/b12-9+. The van der Waals surface area contributed by atoms with E-state index in [4.69, 9.17) is 0 Å². The molecule has 1 aromatic carbocycles. The Morgan fingerprint density at radius 1 is 1.37 bits per heavy atom. The molecule has 1 N–H and O–H groups in total. The van der Waals surface area contributed by atoms with Gasteiger partial charge in [-0.15, -0.1) is 5.10 Å². The van der Waals surface area contributed by atoms with Crippen LogP contribution in [0.25, 0.3) is 6.08 Å². The lowest BCUT2D eigenvalue weighted by atomic mass is 10.1. The van der Waals surface area contributed by atoms with Gasteiger partial charge in [0, 0.05) is 5.70 Å². The lowest BCUT2D eigenvalue weighted by Gasteiger charge is -2.26. The lowest BCUT2D eigenvalue weighted by molar-refractivity contribution is 0.422. The van der Waals surface area contributed by atoms with Crippen molar-refractivity contribution in [1.82, 2.24) is 25.5 Å². The predicted molar refractivity (Wildman–Crippen MR) is 73.0 cm³/mol. The first-order valence-corrected chi connectivity index (χ1v) is 6.65. The number of tetrazole rings is 1. The molecule has 0 aliphatic carbocycles. The van der Waals surface area contributed by atoms with Crippen molar-refractivity contribution in [2.24, 2.45) is 0 Å². The van der Waals surface area contributed by atoms with Crippen LogP contribution in [-0.2, 0) is 6.54 Å². The first-order chi connectivity index (χ1) is 9.36. The monoisotopic (exact) mass is 255 g/mol. The van der Waals surface area contributed by atoms with Gasteiger partial charge in [-0.3, -0.25) is 0 Å². The smallest absolute Gasteiger partial charge is 0.173 e. The zero-order valence-corrected chi connectivity index (χ0v) is 11.0. The molecule has 0 bridgehead atoms. The van der Waals surface area contributed by atoms with E-state index < -0.39 is 0 Å². The molecule has 0 saturated carbocycles. The molecule has 2 heterocycles. The van der Waals surface area contributed by atoms with Crippen molar-refractivity contribution < 1.29 is 0 Å². The summed E-state index contributed by atoms with van der Waals surface area (Å²) >= 11 is 0. The highest BCUT2D eigenvalue weighted by Gasteiger charge is 2.24. The first kappa shape index (κ1) is 11.9. The highest BCUT2D eigenvalue weighted by molar-refractivity contribution is 5.52. The highest BCUT2D eigenvalue weighted by atomic mass is 15.6. The third kappa shape index (κ3) is 2.50. The SMILES string of the molecule is CCCC1N/C(=C/c2ccccc2)Cn2nnnc21. The van der Waals surface area contributed by atoms with Gasteiger partial charge in [0.15, 0.2) is 5.82 Å². The van der Waals surface area contributed by atoms with Gasteiger partial charge in [-0.2, -0.15) is 0 Å². The van der Waals surface area contributed by atoms with Gasteiger partial charge in [-0.05, 0) is 28.5 Å². The quantitative estimate of drug-likeness (QED) is 0.913. The summed E-state index contributed by atoms with van der Waals surface area (Å²) in [6, 6.07) is 10.5. The average Bonchev–Trinajstić information content (AvgIpc) is 2.89. The summed E-state index contributed by atoms with van der Waals surface area (Å²) in [5.74, 6) is 0.937. The van der Waals surface area contributed by atoms with Gasteiger partial charge in [-0.1, -0.05) is 43.7 Å². The van der Waals surface area contributed by atoms with E-state index in [1.54, 1.807) is 0 Å². The average molecular weight is 255 g/mol. The van der Waals surface area contributed by atoms with Crippen LogP contribution in [0.3, 0.4) is 0 Å². The lowest BCUT2D eigenvalue weighted by Crippen LogP contribution is -2.32. The van der Waals surface area contributed by atoms with Crippen molar-refractivity contribution >= 4 is 6.08 Å². The summed E-state index contributed by atoms with van der Waals surface area (Å²) in [7, 11) is 0. The van der Waals surface area contributed by atoms with E-state index in [0.717, 1.165) is 24.4 Å². The Bertz CT molecular complexity index is 573. The van der Waals surface area contributed by atoms with Gasteiger partial charge in [0.1, 0.15) is 0 Å². The molecule has 2 aromatic rings. The van der Waals surface area contributed by atoms with Crippen LogP contribution in [0.5, 0.6) is 0 Å². The minimum atomic E-state index is 0.212. The van der Waals surface area contributed by atoms with E-state index >= 15 is 0 Å². The highest BCUT2D eigenvalue weighted by Crippen LogP contribution is 2.23. The molecule has 3 rings (SSSR count). The van der Waals surface area contributed by atoms with Gasteiger partial charge < -0.3 is 5.32 Å². The van der Waals surface area contributed by atoms with Crippen molar-refractivity contribution in [3.63, 3.8) is 0 Å². The summed E-state index contributed by atoms with van der Waals surface area (Å²) in [6.07, 6.45) is 4.29. The molecule has 1 aliphatic heterocycles. The normalized spacial score (nSPS) is 20.1. The molecule has 19 heavy (non-hydrogen) atoms. The zero-order valence-electron chi connectivity index (χ0n) is 11.0. The van der Waals surface area contributed by atoms with Crippen molar-refractivity contribution in [3.05, 3.63) is 47.4 Å². The molecular formula is C14H17N5. The fourth-order valence-electron chi connectivity index (χ4n) is 2.40. The molecule has 5 heteroatoms. The van der Waals surface area contributed by atoms with Gasteiger partial charge >= 0.3 is 0 Å². The van der Waals surface area contributed by atoms with E-state index in [1.807, 2.05) is 22.9 Å². The molecule has 0 radical (unpaired) electrons. The maximum absolute atomic E-state index is 4.11. The second-order valence-corrected chi connectivity index (χ2v) is 4.76. The van der Waals surface area contributed by atoms with Crippen LogP contribution in [0.2, 0.25) is 0 Å². The van der Waals surface area contributed by atoms with Crippen LogP contribution in [0.15, 0.2) is 36.0 Å². The summed E-state index contributed by atoms with van der Waals surface area (Å²) in [6.45, 7) is 2.88. The number of fused-ring (bicyclic) bond motifs is 1. The van der Waals surface area contributed by atoms with E-state index in [1.165, 1.54) is 5.56 Å². The Kier molecular flexibility index (Phi) is 3.27. The minimum Gasteiger partial charge on any atom is -0.377 e. The van der Waals surface area contributed by atoms with Crippen LogP contribution in [0.4, 0.5) is 0 Å². The second-order valence-electron chi connectivity index (χ2n) is 4.76. The molecule has 5 nitrogen and oxygen atoms in total. The molecule has 1 unspecified atom stereocenters. The fraction of sp³-hybridized carbons (Fsp3) is 0.357. The van der Waals surface area contributed by atoms with Gasteiger partial charge in [0.2, 0.25) is 0 Å². The Morgan fingerprint density at radius 2 is 2.21 bits per heavy atom. The van der Waals surface area contributed by atoms with Crippen molar-refractivity contribution in [3.8, 4) is 0 Å². The molecule has 1 atom stereocenters. The number of nitrogens with zero attached hydrogens (tertiary/aromatic N) is 4. The Balaban J connectivity index is 1.88. The number of allylic oxidation sites excluding steroid dienone is 1. The Hall–Kier alpha value is -2.17. The maximum atomic E-state index is 4.11. The third-order valence-corrected chi connectivity index (χ3v) is 3.27. The van der Waals surface area contributed by atoms with E-state index in [0.29, 0.717) is 6.54 Å². The third-order valence-electron chi connectivity index (χ3n) is 3.27. The predicted octanol–water partition coefficient (Wildman–Crippen LogP) is 2.16. The molecule has 0 saturated heterocycles. The van der Waals surface area contributed by atoms with Crippen LogP contribution in [0, 0.1) is 0 Å². The Morgan fingerprint density at radius 3 is 3.00 bits per heavy atom. The molecular weight excluding hydrogens is 238 g/mol. The van der Waals surface area contributed by atoms with Crippen molar-refractivity contribution in [1.29, 1.82) is 0 Å². The number of nitrogens with one attached hydrogen (secondary N) is 1. The topological polar surface area (TPSA) is 55.6 Å². The number of hydrogen-bond donors (Lipinski definition) is 1. The van der Waals surface area contributed by atoms with E-state index in [2.05, 4.69) is 46.0 Å². The minimum absolute atomic E-state index is 0.212. The van der Waals surface area contributed by atoms with E-state index in [-0.39, 0.29) is 6.04 Å². The number of aromatic nitrogens is 4. The molecule has 0 amide bonds. The summed E-state index contributed by atoms with van der Waals surface area (Å²) < 4.78 is 1.88. The van der Waals surface area contributed by atoms with E-state index in [9.17, 15) is 0 Å². The van der Waals surface area contributed by atoms with Crippen molar-refractivity contribution in [2.75, 3.05) is 0 Å². The van der Waals surface area contributed by atoms with Crippen LogP contribution >= 0.6 is 0 Å². The van der Waals surface area contributed by atoms with Gasteiger partial charge in [0.25, 0.3) is 0 Å². The fourth-order valence-corrected chi connectivity index (χ4v) is 2.40. The van der Waals surface area contributed by atoms with Crippen LogP contribution in [0.1, 0.15) is 37.2 Å². The molecule has 98 valence electrons. The van der Waals surface area contributed by atoms with Crippen molar-refractivity contribution in [2.45, 2.75) is 32.4 Å². The van der Waals surface area contributed by atoms with Gasteiger partial charge in [0.05, 0.1) is 12.6 Å². The molecule has 0 fully saturated rings. The molecule has 0 spiro atoms. The zero-order chi connectivity index (χ0) is 13.1. The maximum Gasteiger partial charge on any atom is 0.173 e. The van der Waals surface area contributed by atoms with Crippen LogP contribution in [-0.4, -0.2) is 20.2 Å². The second kappa shape index (κ2) is 5.22. The molecule has 1 aliphatic rings. The number of rotatable bonds is 3. The van der Waals surface area contributed by atoms with Crippen LogP contribution < -0.4 is 5.32 Å². The summed E-state index contributed by atoms with van der Waals surface area (Å²) in [5.41, 5.74) is 2.35. The largest absolute Gasteiger partial charge is 0.377 e. The van der Waals surface area contributed by atoms with Gasteiger partial charge in [-0.25, -0.2) is 4.68 Å².